The molecule has 40 heavy (non-hydrogen) atoms. The number of hydrazone groups is 1. The molecule has 11 heteroatoms. The fourth-order valence-electron chi connectivity index (χ4n) is 3.54. The first-order chi connectivity index (χ1) is 19.2. The molecule has 0 saturated heterocycles. The van der Waals surface area contributed by atoms with Gasteiger partial charge >= 0.3 is 0 Å². The van der Waals surface area contributed by atoms with E-state index in [-0.39, 0.29) is 10.6 Å². The number of sulfonamides is 1. The molecule has 0 aliphatic rings. The fraction of sp³-hybridized carbons (Fsp3) is 0.103. The molecule has 0 aromatic heterocycles. The van der Waals surface area contributed by atoms with Crippen LogP contribution < -0.4 is 19.2 Å². The second kappa shape index (κ2) is 13.3. The van der Waals surface area contributed by atoms with Gasteiger partial charge in [0.05, 0.1) is 23.9 Å². The highest BCUT2D eigenvalue weighted by atomic mass is 35.5. The number of halogens is 2. The smallest absolute Gasteiger partial charge is 0.264 e. The van der Waals surface area contributed by atoms with Gasteiger partial charge in [-0.05, 0) is 96.1 Å². The van der Waals surface area contributed by atoms with Gasteiger partial charge in [-0.2, -0.15) is 5.10 Å². The van der Waals surface area contributed by atoms with E-state index >= 15 is 0 Å². The minimum Gasteiger partial charge on any atom is -0.497 e. The van der Waals surface area contributed by atoms with Crippen LogP contribution in [0.5, 0.6) is 11.5 Å². The zero-order valence-electron chi connectivity index (χ0n) is 21.3. The lowest BCUT2D eigenvalue weighted by molar-refractivity contribution is -0.119. The normalized spacial score (nSPS) is 11.3. The van der Waals surface area contributed by atoms with Gasteiger partial charge in [0.15, 0.2) is 0 Å². The van der Waals surface area contributed by atoms with Crippen LogP contribution in [0.2, 0.25) is 10.0 Å². The molecular formula is C29H25Cl2N3O5S. The molecule has 4 rings (SSSR count). The average Bonchev–Trinajstić information content (AvgIpc) is 2.97. The quantitative estimate of drug-likeness (QED) is 0.171. The maximum atomic E-state index is 13.5. The Morgan fingerprint density at radius 1 is 0.850 bits per heavy atom. The molecule has 0 bridgehead atoms. The Labute approximate surface area is 242 Å². The van der Waals surface area contributed by atoms with Crippen molar-refractivity contribution in [3.05, 3.63) is 118 Å². The van der Waals surface area contributed by atoms with Gasteiger partial charge in [-0.1, -0.05) is 35.3 Å². The van der Waals surface area contributed by atoms with Gasteiger partial charge in [0.1, 0.15) is 24.7 Å². The van der Waals surface area contributed by atoms with E-state index in [4.69, 9.17) is 32.7 Å². The van der Waals surface area contributed by atoms with Gasteiger partial charge in [-0.25, -0.2) is 13.8 Å². The molecular weight excluding hydrogens is 573 g/mol. The minimum atomic E-state index is -4.10. The number of hydrogen-bond donors (Lipinski definition) is 1. The number of carbonyl (C=O) groups is 1. The average molecular weight is 599 g/mol. The molecule has 0 spiro atoms. The van der Waals surface area contributed by atoms with E-state index in [1.807, 2.05) is 12.1 Å². The third-order valence-corrected chi connectivity index (χ3v) is 7.94. The van der Waals surface area contributed by atoms with Crippen molar-refractivity contribution in [3.63, 3.8) is 0 Å². The maximum absolute atomic E-state index is 13.5. The van der Waals surface area contributed by atoms with Gasteiger partial charge in [0.2, 0.25) is 0 Å². The second-order valence-corrected chi connectivity index (χ2v) is 11.2. The van der Waals surface area contributed by atoms with Gasteiger partial charge in [-0.15, -0.1) is 0 Å². The number of methoxy groups -OCH3 is 1. The summed E-state index contributed by atoms with van der Waals surface area (Å²) in [7, 11) is -2.61. The summed E-state index contributed by atoms with van der Waals surface area (Å²) < 4.78 is 38.8. The monoisotopic (exact) mass is 597 g/mol. The number of amides is 1. The number of anilines is 1. The lowest BCUT2D eigenvalue weighted by atomic mass is 10.2. The summed E-state index contributed by atoms with van der Waals surface area (Å²) in [6.45, 7) is -0.116. The highest BCUT2D eigenvalue weighted by Crippen LogP contribution is 2.26. The van der Waals surface area contributed by atoms with Gasteiger partial charge in [0, 0.05) is 10.0 Å². The molecule has 1 N–H and O–H groups in total. The SMILES string of the molecule is COc1ccc(S(=O)(=O)N(CC(=O)N/N=C\c2ccc(OCc3ccc(Cl)cc3)cc2)c2ccc(Cl)cc2)cc1. The Balaban J connectivity index is 1.40. The third kappa shape index (κ3) is 7.75. The van der Waals surface area contributed by atoms with Crippen molar-refractivity contribution >= 4 is 51.0 Å². The summed E-state index contributed by atoms with van der Waals surface area (Å²) in [4.78, 5) is 12.8. The lowest BCUT2D eigenvalue weighted by Gasteiger charge is -2.23. The van der Waals surface area contributed by atoms with E-state index in [0.29, 0.717) is 33.7 Å². The topological polar surface area (TPSA) is 97.3 Å². The van der Waals surface area contributed by atoms with Crippen LogP contribution in [0.15, 0.2) is 107 Å². The summed E-state index contributed by atoms with van der Waals surface area (Å²) in [6.07, 6.45) is 1.45. The van der Waals surface area contributed by atoms with E-state index in [9.17, 15) is 13.2 Å². The van der Waals surface area contributed by atoms with Crippen LogP contribution in [0.4, 0.5) is 5.69 Å². The molecule has 0 aliphatic carbocycles. The second-order valence-electron chi connectivity index (χ2n) is 8.44. The van der Waals surface area contributed by atoms with Crippen LogP contribution in [-0.2, 0) is 21.4 Å². The molecule has 206 valence electrons. The standard InChI is InChI=1S/C29H25Cl2N3O5S/c1-38-26-14-16-28(17-15-26)40(36,37)34(25-10-8-24(31)9-11-25)19-29(35)33-32-18-21-4-12-27(13-5-21)39-20-22-2-6-23(30)7-3-22/h2-18H,19-20H2,1H3,(H,33,35)/b32-18-. The van der Waals surface area contributed by atoms with Crippen molar-refractivity contribution in [1.29, 1.82) is 0 Å². The molecule has 0 fully saturated rings. The number of nitrogens with one attached hydrogen (secondary N) is 1. The van der Waals surface area contributed by atoms with E-state index in [1.54, 1.807) is 48.5 Å². The Kier molecular flexibility index (Phi) is 9.65. The van der Waals surface area contributed by atoms with Gasteiger partial charge in [0.25, 0.3) is 15.9 Å². The van der Waals surface area contributed by atoms with E-state index < -0.39 is 22.5 Å². The molecule has 0 heterocycles. The summed E-state index contributed by atoms with van der Waals surface area (Å²) in [5, 5.41) is 5.07. The van der Waals surface area contributed by atoms with Crippen LogP contribution in [0.1, 0.15) is 11.1 Å². The van der Waals surface area contributed by atoms with Crippen LogP contribution >= 0.6 is 23.2 Å². The fourth-order valence-corrected chi connectivity index (χ4v) is 5.21. The highest BCUT2D eigenvalue weighted by Gasteiger charge is 2.27. The molecule has 4 aromatic rings. The van der Waals surface area contributed by atoms with Crippen molar-refractivity contribution in [1.82, 2.24) is 5.43 Å². The number of hydrogen-bond acceptors (Lipinski definition) is 6. The van der Waals surface area contributed by atoms with Gasteiger partial charge < -0.3 is 9.47 Å². The van der Waals surface area contributed by atoms with Crippen molar-refractivity contribution in [3.8, 4) is 11.5 Å². The van der Waals surface area contributed by atoms with E-state index in [2.05, 4.69) is 10.5 Å². The number of benzene rings is 4. The first-order valence-corrected chi connectivity index (χ1v) is 14.2. The summed E-state index contributed by atoms with van der Waals surface area (Å²) in [5.74, 6) is 0.537. The van der Waals surface area contributed by atoms with Gasteiger partial charge in [-0.3, -0.25) is 9.10 Å². The molecule has 0 saturated carbocycles. The zero-order chi connectivity index (χ0) is 28.5. The predicted octanol–water partition coefficient (Wildman–Crippen LogP) is 5.93. The van der Waals surface area contributed by atoms with Crippen molar-refractivity contribution in [2.75, 3.05) is 18.0 Å². The molecule has 4 aromatic carbocycles. The van der Waals surface area contributed by atoms with Crippen LogP contribution in [-0.4, -0.2) is 34.2 Å². The first kappa shape index (κ1) is 28.9. The Bertz CT molecular complexity index is 1560. The molecule has 0 radical (unpaired) electrons. The van der Waals surface area contributed by atoms with Crippen LogP contribution in [0, 0.1) is 0 Å². The van der Waals surface area contributed by atoms with E-state index in [0.717, 1.165) is 9.87 Å². The Morgan fingerprint density at radius 3 is 2.02 bits per heavy atom. The van der Waals surface area contributed by atoms with E-state index in [1.165, 1.54) is 49.7 Å². The molecule has 0 aliphatic heterocycles. The van der Waals surface area contributed by atoms with Crippen LogP contribution in [0.25, 0.3) is 0 Å². The molecule has 1 amide bonds. The molecule has 8 nitrogen and oxygen atoms in total. The van der Waals surface area contributed by atoms with Crippen molar-refractivity contribution in [2.24, 2.45) is 5.10 Å². The van der Waals surface area contributed by atoms with Crippen molar-refractivity contribution in [2.45, 2.75) is 11.5 Å². The number of rotatable bonds is 11. The van der Waals surface area contributed by atoms with Crippen molar-refractivity contribution < 1.29 is 22.7 Å². The number of carbonyl (C=O) groups excluding carboxylic acids is 1. The lowest BCUT2D eigenvalue weighted by Crippen LogP contribution is -2.39. The minimum absolute atomic E-state index is 0.00192. The Hall–Kier alpha value is -4.05. The molecule has 0 atom stereocenters. The predicted molar refractivity (Wildman–Crippen MR) is 157 cm³/mol. The van der Waals surface area contributed by atoms with Crippen LogP contribution in [0.3, 0.4) is 0 Å². The third-order valence-electron chi connectivity index (χ3n) is 5.65. The Morgan fingerprint density at radius 2 is 1.43 bits per heavy atom. The zero-order valence-corrected chi connectivity index (χ0v) is 23.7. The summed E-state index contributed by atoms with van der Waals surface area (Å²) in [6, 6.07) is 26.5. The number of nitrogens with zero attached hydrogens (tertiary/aromatic N) is 2. The first-order valence-electron chi connectivity index (χ1n) is 12.0. The summed E-state index contributed by atoms with van der Waals surface area (Å²) in [5.41, 5.74) is 4.35. The summed E-state index contributed by atoms with van der Waals surface area (Å²) >= 11 is 11.9. The highest BCUT2D eigenvalue weighted by molar-refractivity contribution is 7.92. The maximum Gasteiger partial charge on any atom is 0.264 e. The molecule has 0 unspecified atom stereocenters. The number of ether oxygens (including phenoxy) is 2. The largest absolute Gasteiger partial charge is 0.497 e.